The van der Waals surface area contributed by atoms with Gasteiger partial charge < -0.3 is 11.1 Å². The molecule has 0 spiro atoms. The van der Waals surface area contributed by atoms with E-state index in [4.69, 9.17) is 17.3 Å². The van der Waals surface area contributed by atoms with E-state index in [1.807, 2.05) is 0 Å². The molecule has 0 fully saturated rings. The van der Waals surface area contributed by atoms with E-state index in [1.54, 1.807) is 19.1 Å². The van der Waals surface area contributed by atoms with Gasteiger partial charge in [-0.1, -0.05) is 23.7 Å². The van der Waals surface area contributed by atoms with Crippen molar-refractivity contribution in [2.75, 3.05) is 12.4 Å². The van der Waals surface area contributed by atoms with Crippen LogP contribution in [0.2, 0.25) is 5.15 Å². The number of nitrogens with two attached hydrogens (primary N) is 1. The summed E-state index contributed by atoms with van der Waals surface area (Å²) in [7, 11) is 1.51. The van der Waals surface area contributed by atoms with E-state index in [0.29, 0.717) is 11.6 Å². The van der Waals surface area contributed by atoms with Crippen LogP contribution in [0.15, 0.2) is 41.4 Å². The standard InChI is InChI=1S/C19H17ClF3N5O2/c1-18(9-14(29)28(2)17(24)27-18)10-4-3-5-11(8-10)25-16(30)15-12(19(21,22)23)6-7-13(20)26-15/h3-8H,9H2,1-2H3,(H2,24,27)(H,25,30)/t18-/m0/s1. The Hall–Kier alpha value is -3.14. The van der Waals surface area contributed by atoms with Crippen molar-refractivity contribution in [3.63, 3.8) is 0 Å². The molecule has 1 aromatic carbocycles. The molecule has 3 N–H and O–H groups in total. The van der Waals surface area contributed by atoms with Crippen LogP contribution in [0.5, 0.6) is 0 Å². The minimum Gasteiger partial charge on any atom is -0.369 e. The number of nitrogens with one attached hydrogen (secondary N) is 1. The van der Waals surface area contributed by atoms with E-state index in [-0.39, 0.29) is 29.1 Å². The lowest BCUT2D eigenvalue weighted by Crippen LogP contribution is -2.47. The smallest absolute Gasteiger partial charge is 0.369 e. The van der Waals surface area contributed by atoms with Crippen LogP contribution in [-0.4, -0.2) is 34.7 Å². The Kier molecular flexibility index (Phi) is 5.46. The summed E-state index contributed by atoms with van der Waals surface area (Å²) < 4.78 is 39.6. The molecule has 3 rings (SSSR count). The number of anilines is 1. The predicted molar refractivity (Wildman–Crippen MR) is 105 cm³/mol. The van der Waals surface area contributed by atoms with Crippen molar-refractivity contribution in [2.45, 2.75) is 25.1 Å². The van der Waals surface area contributed by atoms with Gasteiger partial charge in [-0.25, -0.2) is 9.98 Å². The summed E-state index contributed by atoms with van der Waals surface area (Å²) >= 11 is 5.68. The maximum atomic E-state index is 13.2. The molecule has 2 amide bonds. The van der Waals surface area contributed by atoms with Gasteiger partial charge in [-0.15, -0.1) is 0 Å². The minimum absolute atomic E-state index is 0.0374. The number of amides is 2. The SMILES string of the molecule is CN1C(=O)C[C@@](C)(c2cccc(NC(=O)c3nc(Cl)ccc3C(F)(F)F)c2)N=C1N. The lowest BCUT2D eigenvalue weighted by molar-refractivity contribution is -0.138. The van der Waals surface area contributed by atoms with Gasteiger partial charge in [0.15, 0.2) is 5.96 Å². The Morgan fingerprint density at radius 2 is 2.00 bits per heavy atom. The van der Waals surface area contributed by atoms with Crippen LogP contribution in [0.1, 0.15) is 35.0 Å². The third kappa shape index (κ3) is 4.23. The number of halogens is 4. The van der Waals surface area contributed by atoms with Crippen molar-refractivity contribution >= 4 is 35.1 Å². The third-order valence-corrected chi connectivity index (χ3v) is 4.91. The summed E-state index contributed by atoms with van der Waals surface area (Å²) in [5, 5.41) is 2.14. The Labute approximate surface area is 174 Å². The van der Waals surface area contributed by atoms with Gasteiger partial charge >= 0.3 is 6.18 Å². The summed E-state index contributed by atoms with van der Waals surface area (Å²) in [6, 6.07) is 7.94. The summed E-state index contributed by atoms with van der Waals surface area (Å²) in [6.07, 6.45) is -4.74. The number of nitrogens with zero attached hydrogens (tertiary/aromatic N) is 3. The highest BCUT2D eigenvalue weighted by molar-refractivity contribution is 6.29. The molecule has 1 atom stereocenters. The highest BCUT2D eigenvalue weighted by atomic mass is 35.5. The number of alkyl halides is 3. The average molecular weight is 440 g/mol. The van der Waals surface area contributed by atoms with Crippen molar-refractivity contribution in [1.29, 1.82) is 0 Å². The molecule has 1 aromatic heterocycles. The molecule has 0 saturated carbocycles. The lowest BCUT2D eigenvalue weighted by atomic mass is 9.87. The fourth-order valence-electron chi connectivity index (χ4n) is 3.03. The number of carbonyl (C=O) groups excluding carboxylic acids is 2. The van der Waals surface area contributed by atoms with Gasteiger partial charge in [0.25, 0.3) is 5.91 Å². The van der Waals surface area contributed by atoms with Gasteiger partial charge in [-0.3, -0.25) is 14.5 Å². The quantitative estimate of drug-likeness (QED) is 0.716. The molecule has 2 aromatic rings. The summed E-state index contributed by atoms with van der Waals surface area (Å²) in [5.74, 6) is -1.27. The Morgan fingerprint density at radius 3 is 2.63 bits per heavy atom. The molecule has 0 unspecified atom stereocenters. The van der Waals surface area contributed by atoms with Gasteiger partial charge in [-0.2, -0.15) is 13.2 Å². The topological polar surface area (TPSA) is 101 Å². The molecular weight excluding hydrogens is 423 g/mol. The van der Waals surface area contributed by atoms with Crippen LogP contribution in [0.4, 0.5) is 18.9 Å². The number of carbonyl (C=O) groups is 2. The summed E-state index contributed by atoms with van der Waals surface area (Å²) in [6.45, 7) is 1.70. The fourth-order valence-corrected chi connectivity index (χ4v) is 3.18. The van der Waals surface area contributed by atoms with Crippen LogP contribution in [0, 0.1) is 0 Å². The molecular formula is C19H17ClF3N5O2. The molecule has 7 nitrogen and oxygen atoms in total. The first-order chi connectivity index (χ1) is 13.9. The Bertz CT molecular complexity index is 1060. The Balaban J connectivity index is 1.93. The van der Waals surface area contributed by atoms with Gasteiger partial charge in [0.1, 0.15) is 10.8 Å². The van der Waals surface area contributed by atoms with E-state index >= 15 is 0 Å². The molecule has 158 valence electrons. The first-order valence-corrected chi connectivity index (χ1v) is 9.06. The number of hydrogen-bond acceptors (Lipinski definition) is 5. The van der Waals surface area contributed by atoms with E-state index in [0.717, 1.165) is 6.07 Å². The largest absolute Gasteiger partial charge is 0.418 e. The van der Waals surface area contributed by atoms with E-state index in [9.17, 15) is 22.8 Å². The molecule has 0 aliphatic carbocycles. The maximum absolute atomic E-state index is 13.2. The predicted octanol–water partition coefficient (Wildman–Crippen LogP) is 3.40. The summed E-state index contributed by atoms with van der Waals surface area (Å²) in [4.78, 5) is 33.8. The zero-order chi connectivity index (χ0) is 22.3. The van der Waals surface area contributed by atoms with Crippen LogP contribution >= 0.6 is 11.6 Å². The zero-order valence-electron chi connectivity index (χ0n) is 15.9. The summed E-state index contributed by atoms with van der Waals surface area (Å²) in [5.41, 5.74) is 3.53. The van der Waals surface area contributed by atoms with E-state index in [2.05, 4.69) is 15.3 Å². The highest BCUT2D eigenvalue weighted by Gasteiger charge is 2.37. The van der Waals surface area contributed by atoms with Crippen molar-refractivity contribution in [3.8, 4) is 0 Å². The van der Waals surface area contributed by atoms with Gasteiger partial charge in [0.05, 0.1) is 17.5 Å². The van der Waals surface area contributed by atoms with Crippen molar-refractivity contribution in [3.05, 3.63) is 58.4 Å². The van der Waals surface area contributed by atoms with E-state index in [1.165, 1.54) is 24.1 Å². The van der Waals surface area contributed by atoms with Gasteiger partial charge in [0, 0.05) is 12.7 Å². The highest BCUT2D eigenvalue weighted by Crippen LogP contribution is 2.35. The molecule has 1 aliphatic rings. The van der Waals surface area contributed by atoms with Crippen LogP contribution in [0.3, 0.4) is 0 Å². The van der Waals surface area contributed by atoms with E-state index < -0.39 is 28.9 Å². The average Bonchev–Trinajstić information content (AvgIpc) is 2.65. The molecule has 30 heavy (non-hydrogen) atoms. The second-order valence-electron chi connectivity index (χ2n) is 6.94. The van der Waals surface area contributed by atoms with Crippen molar-refractivity contribution < 1.29 is 22.8 Å². The first-order valence-electron chi connectivity index (χ1n) is 8.68. The van der Waals surface area contributed by atoms with Crippen LogP contribution in [-0.2, 0) is 16.5 Å². The molecule has 2 heterocycles. The molecule has 0 radical (unpaired) electrons. The Morgan fingerprint density at radius 1 is 1.30 bits per heavy atom. The minimum atomic E-state index is -4.78. The number of guanidine groups is 1. The van der Waals surface area contributed by atoms with Gasteiger partial charge in [0.2, 0.25) is 5.91 Å². The maximum Gasteiger partial charge on any atom is 0.418 e. The number of benzene rings is 1. The molecule has 11 heteroatoms. The van der Waals surface area contributed by atoms with Crippen LogP contribution in [0.25, 0.3) is 0 Å². The second-order valence-corrected chi connectivity index (χ2v) is 7.32. The lowest BCUT2D eigenvalue weighted by Gasteiger charge is -2.33. The third-order valence-electron chi connectivity index (χ3n) is 4.70. The number of pyridine rings is 1. The van der Waals surface area contributed by atoms with Crippen LogP contribution < -0.4 is 11.1 Å². The molecule has 0 saturated heterocycles. The number of aromatic nitrogens is 1. The normalized spacial score (nSPS) is 19.5. The number of rotatable bonds is 3. The fraction of sp³-hybridized carbons (Fsp3) is 0.263. The van der Waals surface area contributed by atoms with Gasteiger partial charge in [-0.05, 0) is 36.8 Å². The first kappa shape index (κ1) is 21.6. The number of aliphatic imine (C=N–C) groups is 1. The second kappa shape index (κ2) is 7.60. The number of hydrogen-bond donors (Lipinski definition) is 2. The molecule has 0 bridgehead atoms. The monoisotopic (exact) mass is 439 g/mol. The van der Waals surface area contributed by atoms with Crippen molar-refractivity contribution in [1.82, 2.24) is 9.88 Å². The molecule has 1 aliphatic heterocycles. The zero-order valence-corrected chi connectivity index (χ0v) is 16.7. The van der Waals surface area contributed by atoms with Crippen molar-refractivity contribution in [2.24, 2.45) is 10.7 Å².